The molecule has 5 rings (SSSR count). The number of rotatable bonds is 3. The van der Waals surface area contributed by atoms with Crippen LogP contribution in [0, 0.1) is 6.57 Å². The predicted molar refractivity (Wildman–Crippen MR) is 118 cm³/mol. The van der Waals surface area contributed by atoms with Crippen LogP contribution in [0.5, 0.6) is 0 Å². The molecule has 0 spiro atoms. The quantitative estimate of drug-likeness (QED) is 0.451. The molecule has 1 aromatic carbocycles. The first-order chi connectivity index (χ1) is 14.2. The Morgan fingerprint density at radius 1 is 1.17 bits per heavy atom. The molecule has 0 radical (unpaired) electrons. The lowest BCUT2D eigenvalue weighted by atomic mass is 9.88. The fourth-order valence-electron chi connectivity index (χ4n) is 4.67. The van der Waals surface area contributed by atoms with Crippen LogP contribution in [0.3, 0.4) is 0 Å². The van der Waals surface area contributed by atoms with Crippen LogP contribution in [0.2, 0.25) is 0 Å². The molecular formula is C24H25N5. The number of piperidine rings is 1. The van der Waals surface area contributed by atoms with Crippen LogP contribution in [-0.2, 0) is 0 Å². The van der Waals surface area contributed by atoms with Crippen molar-refractivity contribution in [3.8, 4) is 11.3 Å². The summed E-state index contributed by atoms with van der Waals surface area (Å²) in [6.45, 7) is 14.1. The summed E-state index contributed by atoms with van der Waals surface area (Å²) in [4.78, 5) is 11.6. The smallest absolute Gasteiger partial charge is 0.254 e. The number of hydrogen-bond acceptors (Lipinski definition) is 2. The van der Waals surface area contributed by atoms with Crippen molar-refractivity contribution in [2.45, 2.75) is 38.5 Å². The fourth-order valence-corrected chi connectivity index (χ4v) is 4.67. The molecule has 1 aliphatic heterocycles. The highest BCUT2D eigenvalue weighted by molar-refractivity contribution is 5.92. The Morgan fingerprint density at radius 3 is 2.76 bits per heavy atom. The van der Waals surface area contributed by atoms with Gasteiger partial charge < -0.3 is 15.1 Å². The molecule has 1 aliphatic rings. The molecule has 5 nitrogen and oxygen atoms in total. The third kappa shape index (κ3) is 3.01. The monoisotopic (exact) mass is 383 g/mol. The van der Waals surface area contributed by atoms with E-state index in [-0.39, 0.29) is 0 Å². The van der Waals surface area contributed by atoms with Gasteiger partial charge in [-0.1, -0.05) is 26.5 Å². The van der Waals surface area contributed by atoms with Crippen molar-refractivity contribution in [3.63, 3.8) is 0 Å². The van der Waals surface area contributed by atoms with Gasteiger partial charge in [-0.3, -0.25) is 0 Å². The predicted octanol–water partition coefficient (Wildman–Crippen LogP) is 5.62. The van der Waals surface area contributed by atoms with Gasteiger partial charge in [-0.05, 0) is 67.1 Å². The van der Waals surface area contributed by atoms with Gasteiger partial charge in [0, 0.05) is 22.5 Å². The van der Waals surface area contributed by atoms with E-state index < -0.39 is 0 Å². The number of pyridine rings is 1. The highest BCUT2D eigenvalue weighted by Gasteiger charge is 2.20. The second kappa shape index (κ2) is 7.06. The van der Waals surface area contributed by atoms with Crippen LogP contribution >= 0.6 is 0 Å². The number of nitrogens with one attached hydrogen (secondary N) is 2. The third-order valence-electron chi connectivity index (χ3n) is 6.14. The molecule has 0 atom stereocenters. The molecule has 2 N–H and O–H groups in total. The second-order valence-corrected chi connectivity index (χ2v) is 8.27. The minimum Gasteiger partial charge on any atom is -0.362 e. The number of aromatic amines is 1. The zero-order chi connectivity index (χ0) is 20.0. The van der Waals surface area contributed by atoms with E-state index >= 15 is 0 Å². The largest absolute Gasteiger partial charge is 0.362 e. The van der Waals surface area contributed by atoms with Crippen molar-refractivity contribution in [2.75, 3.05) is 13.1 Å². The maximum atomic E-state index is 7.39. The summed E-state index contributed by atoms with van der Waals surface area (Å²) in [5.74, 6) is 1.57. The molecule has 3 aromatic heterocycles. The Kier molecular flexibility index (Phi) is 4.37. The molecule has 0 amide bonds. The van der Waals surface area contributed by atoms with Crippen LogP contribution in [0.15, 0.2) is 42.7 Å². The van der Waals surface area contributed by atoms with Gasteiger partial charge in [0.1, 0.15) is 0 Å². The third-order valence-corrected chi connectivity index (χ3v) is 6.14. The Balaban J connectivity index is 1.67. The molecule has 1 fully saturated rings. The van der Waals surface area contributed by atoms with Crippen LogP contribution in [0.1, 0.15) is 49.7 Å². The summed E-state index contributed by atoms with van der Waals surface area (Å²) in [6, 6.07) is 11.0. The van der Waals surface area contributed by atoms with Gasteiger partial charge in [0.25, 0.3) is 5.82 Å². The first-order valence-electron chi connectivity index (χ1n) is 10.4. The number of benzene rings is 1. The summed E-state index contributed by atoms with van der Waals surface area (Å²) in [7, 11) is 0. The van der Waals surface area contributed by atoms with Crippen molar-refractivity contribution in [1.82, 2.24) is 19.7 Å². The van der Waals surface area contributed by atoms with E-state index in [1.165, 1.54) is 34.9 Å². The van der Waals surface area contributed by atoms with Crippen LogP contribution < -0.4 is 5.32 Å². The molecule has 0 aliphatic carbocycles. The second-order valence-electron chi connectivity index (χ2n) is 8.27. The molecule has 0 unspecified atom stereocenters. The Hall–Kier alpha value is -3.10. The minimum absolute atomic E-state index is 0.390. The number of nitrogens with zero attached hydrogens (tertiary/aromatic N) is 3. The van der Waals surface area contributed by atoms with Crippen molar-refractivity contribution in [1.29, 1.82) is 0 Å². The highest BCUT2D eigenvalue weighted by atomic mass is 15.1. The van der Waals surface area contributed by atoms with Crippen molar-refractivity contribution in [3.05, 3.63) is 65.3 Å². The standard InChI is InChI=1S/C24H25N5/c1-15(2)23-19-12-17(16-8-10-26-11-9-16)4-6-20(19)28-24(23)18-5-7-21-27-13-22(25-3)29(21)14-18/h4-7,12-16,26,28H,8-11H2,1-2H3. The summed E-state index contributed by atoms with van der Waals surface area (Å²) in [5.41, 5.74) is 7.01. The average Bonchev–Trinajstić information content (AvgIpc) is 3.34. The number of hydrogen-bond donors (Lipinski definition) is 2. The summed E-state index contributed by atoms with van der Waals surface area (Å²) >= 11 is 0. The molecular weight excluding hydrogens is 358 g/mol. The van der Waals surface area contributed by atoms with E-state index in [0.717, 1.165) is 30.0 Å². The number of imidazole rings is 1. The van der Waals surface area contributed by atoms with Crippen LogP contribution in [0.25, 0.3) is 32.7 Å². The summed E-state index contributed by atoms with van der Waals surface area (Å²) < 4.78 is 1.87. The maximum absolute atomic E-state index is 7.39. The van der Waals surface area contributed by atoms with Gasteiger partial charge >= 0.3 is 0 Å². The van der Waals surface area contributed by atoms with E-state index in [9.17, 15) is 0 Å². The molecule has 29 heavy (non-hydrogen) atoms. The van der Waals surface area contributed by atoms with Gasteiger partial charge in [-0.2, -0.15) is 0 Å². The Morgan fingerprint density at radius 2 is 2.00 bits per heavy atom. The molecule has 1 saturated heterocycles. The Labute approximate surface area is 170 Å². The van der Waals surface area contributed by atoms with E-state index in [1.807, 2.05) is 16.7 Å². The van der Waals surface area contributed by atoms with Gasteiger partial charge in [-0.25, -0.2) is 9.38 Å². The lowest BCUT2D eigenvalue weighted by Crippen LogP contribution is -2.26. The van der Waals surface area contributed by atoms with E-state index in [4.69, 9.17) is 6.57 Å². The van der Waals surface area contributed by atoms with E-state index in [2.05, 4.69) is 58.2 Å². The van der Waals surface area contributed by atoms with Crippen molar-refractivity contribution < 1.29 is 0 Å². The highest BCUT2D eigenvalue weighted by Crippen LogP contribution is 2.38. The van der Waals surface area contributed by atoms with Crippen molar-refractivity contribution in [2.24, 2.45) is 0 Å². The molecule has 4 aromatic rings. The first kappa shape index (κ1) is 18.0. The normalized spacial score (nSPS) is 15.4. The molecule has 4 heterocycles. The lowest BCUT2D eigenvalue weighted by Gasteiger charge is -2.23. The number of fused-ring (bicyclic) bond motifs is 2. The number of aromatic nitrogens is 3. The van der Waals surface area contributed by atoms with E-state index in [1.54, 1.807) is 6.20 Å². The SMILES string of the molecule is [C-]#[N+]c1cnc2ccc(-c3[nH]c4ccc(C5CCNCC5)cc4c3C(C)C)cn12. The van der Waals surface area contributed by atoms with Gasteiger partial charge in [0.2, 0.25) is 5.65 Å². The van der Waals surface area contributed by atoms with Gasteiger partial charge in [0.15, 0.2) is 0 Å². The van der Waals surface area contributed by atoms with Crippen LogP contribution in [0.4, 0.5) is 5.82 Å². The topological polar surface area (TPSA) is 49.5 Å². The first-order valence-corrected chi connectivity index (χ1v) is 10.4. The maximum Gasteiger partial charge on any atom is 0.254 e. The van der Waals surface area contributed by atoms with Crippen LogP contribution in [-0.4, -0.2) is 27.5 Å². The van der Waals surface area contributed by atoms with Gasteiger partial charge in [0.05, 0.1) is 18.1 Å². The lowest BCUT2D eigenvalue weighted by molar-refractivity contribution is 0.460. The average molecular weight is 383 g/mol. The zero-order valence-electron chi connectivity index (χ0n) is 16.9. The summed E-state index contributed by atoms with van der Waals surface area (Å²) in [5, 5.41) is 4.79. The molecule has 146 valence electrons. The van der Waals surface area contributed by atoms with E-state index in [0.29, 0.717) is 17.7 Å². The summed E-state index contributed by atoms with van der Waals surface area (Å²) in [6.07, 6.45) is 6.07. The van der Waals surface area contributed by atoms with Gasteiger partial charge in [-0.15, -0.1) is 0 Å². The number of H-pyrrole nitrogens is 1. The molecule has 5 heteroatoms. The van der Waals surface area contributed by atoms with Crippen molar-refractivity contribution >= 4 is 22.4 Å². The zero-order valence-corrected chi connectivity index (χ0v) is 16.9. The minimum atomic E-state index is 0.390. The Bertz CT molecular complexity index is 1230. The molecule has 0 bridgehead atoms. The molecule has 0 saturated carbocycles. The fraction of sp³-hybridized carbons (Fsp3) is 0.333.